The lowest BCUT2D eigenvalue weighted by Crippen LogP contribution is -1.95. The summed E-state index contributed by atoms with van der Waals surface area (Å²) >= 11 is 0. The molecule has 0 aliphatic carbocycles. The van der Waals surface area contributed by atoms with E-state index in [1.54, 1.807) is 18.2 Å². The molecule has 0 amide bonds. The highest BCUT2D eigenvalue weighted by molar-refractivity contribution is 5.97. The molecule has 0 atom stereocenters. The molecule has 0 spiro atoms. The Bertz CT molecular complexity index is 312. The summed E-state index contributed by atoms with van der Waals surface area (Å²) in [6.45, 7) is 0. The molecule has 66 valence electrons. The van der Waals surface area contributed by atoms with Crippen molar-refractivity contribution in [3.63, 3.8) is 0 Å². The van der Waals surface area contributed by atoms with Crippen LogP contribution < -0.4 is 0 Å². The molecule has 1 aromatic rings. The van der Waals surface area contributed by atoms with Crippen molar-refractivity contribution < 1.29 is 9.59 Å². The molecule has 0 saturated heterocycles. The molecule has 0 saturated carbocycles. The molecule has 0 N–H and O–H groups in total. The summed E-state index contributed by atoms with van der Waals surface area (Å²) in [4.78, 5) is 21.3. The lowest BCUT2D eigenvalue weighted by Gasteiger charge is -1.94. The molecule has 0 radical (unpaired) electrons. The highest BCUT2D eigenvalue weighted by Crippen LogP contribution is 2.02. The third-order valence-electron chi connectivity index (χ3n) is 1.61. The molecule has 1 aromatic carbocycles. The van der Waals surface area contributed by atoms with Gasteiger partial charge in [0.15, 0.2) is 5.78 Å². The quantitative estimate of drug-likeness (QED) is 0.397. The monoisotopic (exact) mass is 174 g/mol. The Morgan fingerprint density at radius 3 is 2.54 bits per heavy atom. The number of hydrogen-bond donors (Lipinski definition) is 0. The normalized spacial score (nSPS) is 10.2. The van der Waals surface area contributed by atoms with Crippen LogP contribution >= 0.6 is 0 Å². The van der Waals surface area contributed by atoms with Gasteiger partial charge >= 0.3 is 0 Å². The maximum absolute atomic E-state index is 11.4. The molecule has 2 heteroatoms. The minimum Gasteiger partial charge on any atom is -0.299 e. The molecule has 0 aromatic heterocycles. The summed E-state index contributed by atoms with van der Waals surface area (Å²) in [6, 6.07) is 9.01. The molecule has 0 bridgehead atoms. The summed E-state index contributed by atoms with van der Waals surface area (Å²) in [6.07, 6.45) is 3.84. The van der Waals surface area contributed by atoms with Crippen LogP contribution in [0.15, 0.2) is 42.5 Å². The summed E-state index contributed by atoms with van der Waals surface area (Å²) < 4.78 is 0. The van der Waals surface area contributed by atoms with Gasteiger partial charge in [-0.2, -0.15) is 0 Å². The van der Waals surface area contributed by atoms with E-state index in [9.17, 15) is 9.59 Å². The number of rotatable bonds is 4. The van der Waals surface area contributed by atoms with Gasteiger partial charge in [0, 0.05) is 12.0 Å². The van der Waals surface area contributed by atoms with E-state index in [1.807, 2.05) is 18.2 Å². The van der Waals surface area contributed by atoms with Crippen molar-refractivity contribution in [2.45, 2.75) is 6.42 Å². The second-order valence-corrected chi connectivity index (χ2v) is 2.56. The molecule has 0 fully saturated rings. The van der Waals surface area contributed by atoms with Gasteiger partial charge in [0.1, 0.15) is 6.29 Å². The molecule has 13 heavy (non-hydrogen) atoms. The highest BCUT2D eigenvalue weighted by Gasteiger charge is 2.00. The van der Waals surface area contributed by atoms with Crippen LogP contribution in [0, 0.1) is 0 Å². The SMILES string of the molecule is O=C/C=C/CC(=O)c1ccccc1. The summed E-state index contributed by atoms with van der Waals surface area (Å²) in [5.41, 5.74) is 0.679. The molecular formula is C11H10O2. The van der Waals surface area contributed by atoms with Crippen molar-refractivity contribution in [1.82, 2.24) is 0 Å². The fourth-order valence-corrected chi connectivity index (χ4v) is 0.973. The fraction of sp³-hybridized carbons (Fsp3) is 0.0909. The number of Topliss-reactive ketones (excluding diaryl/α,β-unsaturated/α-hetero) is 1. The summed E-state index contributed by atoms with van der Waals surface area (Å²) in [7, 11) is 0. The van der Waals surface area contributed by atoms with Crippen molar-refractivity contribution in [3.8, 4) is 0 Å². The first-order valence-electron chi connectivity index (χ1n) is 4.03. The number of hydrogen-bond acceptors (Lipinski definition) is 2. The average Bonchev–Trinajstić information content (AvgIpc) is 2.19. The lowest BCUT2D eigenvalue weighted by atomic mass is 10.1. The van der Waals surface area contributed by atoms with Crippen LogP contribution in [0.4, 0.5) is 0 Å². The Morgan fingerprint density at radius 2 is 1.92 bits per heavy atom. The lowest BCUT2D eigenvalue weighted by molar-refractivity contribution is -0.104. The van der Waals surface area contributed by atoms with Gasteiger partial charge in [-0.25, -0.2) is 0 Å². The Hall–Kier alpha value is -1.70. The summed E-state index contributed by atoms with van der Waals surface area (Å²) in [5.74, 6) is 0.0266. The van der Waals surface area contributed by atoms with E-state index >= 15 is 0 Å². The minimum atomic E-state index is 0.0266. The Balaban J connectivity index is 2.59. The first-order chi connectivity index (χ1) is 6.34. The number of benzene rings is 1. The molecule has 0 aliphatic rings. The maximum atomic E-state index is 11.4. The number of carbonyl (C=O) groups is 2. The zero-order chi connectivity index (χ0) is 9.52. The van der Waals surface area contributed by atoms with Crippen LogP contribution in [0.1, 0.15) is 16.8 Å². The fourth-order valence-electron chi connectivity index (χ4n) is 0.973. The summed E-state index contributed by atoms with van der Waals surface area (Å²) in [5, 5.41) is 0. The minimum absolute atomic E-state index is 0.0266. The van der Waals surface area contributed by atoms with Gasteiger partial charge in [-0.05, 0) is 6.08 Å². The maximum Gasteiger partial charge on any atom is 0.166 e. The van der Waals surface area contributed by atoms with Crippen LogP contribution in [0.25, 0.3) is 0 Å². The van der Waals surface area contributed by atoms with Crippen LogP contribution in [0.2, 0.25) is 0 Å². The highest BCUT2D eigenvalue weighted by atomic mass is 16.1. The number of carbonyl (C=O) groups excluding carboxylic acids is 2. The number of aldehydes is 1. The first kappa shape index (κ1) is 9.39. The zero-order valence-corrected chi connectivity index (χ0v) is 7.14. The molecule has 1 rings (SSSR count). The molecule has 2 nitrogen and oxygen atoms in total. The van der Waals surface area contributed by atoms with Gasteiger partial charge in [-0.1, -0.05) is 36.4 Å². The molecule has 0 unspecified atom stereocenters. The molecule has 0 aliphatic heterocycles. The third-order valence-corrected chi connectivity index (χ3v) is 1.61. The van der Waals surface area contributed by atoms with Crippen LogP contribution in [-0.2, 0) is 4.79 Å². The standard InChI is InChI=1S/C11H10O2/c12-9-5-4-8-11(13)10-6-2-1-3-7-10/h1-7,9H,8H2/b5-4+. The Morgan fingerprint density at radius 1 is 1.23 bits per heavy atom. The van der Waals surface area contributed by atoms with Crippen molar-refractivity contribution in [2.75, 3.05) is 0 Å². The van der Waals surface area contributed by atoms with Gasteiger partial charge in [0.2, 0.25) is 0 Å². The van der Waals surface area contributed by atoms with E-state index in [2.05, 4.69) is 0 Å². The van der Waals surface area contributed by atoms with Crippen LogP contribution in [0.3, 0.4) is 0 Å². The van der Waals surface area contributed by atoms with Gasteiger partial charge in [-0.15, -0.1) is 0 Å². The predicted octanol–water partition coefficient (Wildman–Crippen LogP) is 2.01. The van der Waals surface area contributed by atoms with E-state index in [4.69, 9.17) is 0 Å². The average molecular weight is 174 g/mol. The van der Waals surface area contributed by atoms with Crippen molar-refractivity contribution in [3.05, 3.63) is 48.0 Å². The largest absolute Gasteiger partial charge is 0.299 e. The van der Waals surface area contributed by atoms with Crippen molar-refractivity contribution >= 4 is 12.1 Å². The molecule has 0 heterocycles. The Labute approximate surface area is 76.9 Å². The number of allylic oxidation sites excluding steroid dienone is 2. The second-order valence-electron chi connectivity index (χ2n) is 2.56. The van der Waals surface area contributed by atoms with Gasteiger partial charge in [-0.3, -0.25) is 9.59 Å². The van der Waals surface area contributed by atoms with E-state index in [0.29, 0.717) is 11.8 Å². The van der Waals surface area contributed by atoms with Gasteiger partial charge in [0.05, 0.1) is 0 Å². The smallest absolute Gasteiger partial charge is 0.166 e. The van der Waals surface area contributed by atoms with E-state index in [1.165, 1.54) is 6.08 Å². The van der Waals surface area contributed by atoms with Crippen molar-refractivity contribution in [1.29, 1.82) is 0 Å². The van der Waals surface area contributed by atoms with Crippen LogP contribution in [0.5, 0.6) is 0 Å². The van der Waals surface area contributed by atoms with Gasteiger partial charge < -0.3 is 0 Å². The third kappa shape index (κ3) is 3.03. The van der Waals surface area contributed by atoms with Crippen molar-refractivity contribution in [2.24, 2.45) is 0 Å². The predicted molar refractivity (Wildman–Crippen MR) is 50.6 cm³/mol. The van der Waals surface area contributed by atoms with Gasteiger partial charge in [0.25, 0.3) is 0 Å². The topological polar surface area (TPSA) is 34.1 Å². The van der Waals surface area contributed by atoms with Crippen LogP contribution in [-0.4, -0.2) is 12.1 Å². The zero-order valence-electron chi connectivity index (χ0n) is 7.14. The number of ketones is 1. The molecular weight excluding hydrogens is 164 g/mol. The second kappa shape index (κ2) is 5.04. The van der Waals surface area contributed by atoms with E-state index in [0.717, 1.165) is 0 Å². The first-order valence-corrected chi connectivity index (χ1v) is 4.03. The van der Waals surface area contributed by atoms with E-state index in [-0.39, 0.29) is 12.2 Å². The Kier molecular flexibility index (Phi) is 3.64. The van der Waals surface area contributed by atoms with E-state index < -0.39 is 0 Å².